The Kier molecular flexibility index (Phi) is 5.85. The monoisotopic (exact) mass is 426 g/mol. The Morgan fingerprint density at radius 3 is 2.41 bits per heavy atom. The van der Waals surface area contributed by atoms with Crippen LogP contribution in [0, 0.1) is 0 Å². The lowest BCUT2D eigenvalue weighted by atomic mass is 9.98. The molecule has 0 unspecified atom stereocenters. The molecule has 2 aromatic carbocycles. The van der Waals surface area contributed by atoms with Gasteiger partial charge in [-0.3, -0.25) is 0 Å². The van der Waals surface area contributed by atoms with Crippen LogP contribution in [0.4, 0.5) is 25.1 Å². The van der Waals surface area contributed by atoms with Crippen LogP contribution < -0.4 is 21.5 Å². The number of rotatable bonds is 6. The van der Waals surface area contributed by atoms with Gasteiger partial charge in [0.25, 0.3) is 0 Å². The number of hydrogen-bond acceptors (Lipinski definition) is 6. The lowest BCUT2D eigenvalue weighted by Gasteiger charge is -2.17. The van der Waals surface area contributed by atoms with Gasteiger partial charge in [0.2, 0.25) is 11.9 Å². The van der Waals surface area contributed by atoms with Gasteiger partial charge in [-0.1, -0.05) is 23.7 Å². The maximum absolute atomic E-state index is 13.8. The molecular weight excluding hydrogens is 409 g/mol. The van der Waals surface area contributed by atoms with E-state index in [1.165, 1.54) is 18.2 Å². The molecule has 0 spiro atoms. The summed E-state index contributed by atoms with van der Waals surface area (Å²) in [4.78, 5) is 3.69. The third-order valence-electron chi connectivity index (χ3n) is 4.04. The Morgan fingerprint density at radius 1 is 1.17 bits per heavy atom. The average Bonchev–Trinajstić information content (AvgIpc) is 2.99. The molecule has 5 N–H and O–H groups in total. The van der Waals surface area contributed by atoms with Gasteiger partial charge in [0.15, 0.2) is 0 Å². The molecule has 0 saturated carbocycles. The molecule has 0 atom stereocenters. The van der Waals surface area contributed by atoms with E-state index < -0.39 is 11.7 Å². The number of halogens is 4. The molecule has 11 heteroatoms. The number of anilines is 2. The smallest absolute Gasteiger partial charge is 0.417 e. The van der Waals surface area contributed by atoms with E-state index in [1.54, 1.807) is 19.2 Å². The normalized spacial score (nSPS) is 11.6. The summed E-state index contributed by atoms with van der Waals surface area (Å²) < 4.78 is 47.9. The van der Waals surface area contributed by atoms with E-state index in [0.717, 1.165) is 10.7 Å². The summed E-state index contributed by atoms with van der Waals surface area (Å²) in [6.45, 7) is 1.07. The second-order valence-corrected chi connectivity index (χ2v) is 6.47. The van der Waals surface area contributed by atoms with Crippen LogP contribution in [-0.4, -0.2) is 35.0 Å². The van der Waals surface area contributed by atoms with Crippen molar-refractivity contribution < 1.29 is 17.9 Å². The molecule has 0 aliphatic heterocycles. The van der Waals surface area contributed by atoms with E-state index in [9.17, 15) is 13.2 Å². The molecule has 0 bridgehead atoms. The minimum atomic E-state index is -4.67. The number of benzene rings is 2. The number of nitrogens with zero attached hydrogens (tertiary/aromatic N) is 3. The summed E-state index contributed by atoms with van der Waals surface area (Å²) in [5.74, 6) is 0.226. The highest BCUT2D eigenvalue weighted by Crippen LogP contribution is 2.42. The Hall–Kier alpha value is -2.98. The topological polar surface area (TPSA) is 104 Å². The molecule has 3 rings (SSSR count). The molecule has 0 aliphatic carbocycles. The van der Waals surface area contributed by atoms with Gasteiger partial charge >= 0.3 is 6.18 Å². The molecule has 1 aromatic heterocycles. The van der Waals surface area contributed by atoms with Crippen molar-refractivity contribution in [3.05, 3.63) is 47.0 Å². The Morgan fingerprint density at radius 2 is 1.86 bits per heavy atom. The van der Waals surface area contributed by atoms with E-state index in [4.69, 9.17) is 27.8 Å². The van der Waals surface area contributed by atoms with Gasteiger partial charge in [-0.15, -0.1) is 5.10 Å². The minimum Gasteiger partial charge on any atom is -0.492 e. The zero-order chi connectivity index (χ0) is 21.2. The molecule has 3 aromatic rings. The molecule has 1 heterocycles. The fourth-order valence-electron chi connectivity index (χ4n) is 2.75. The third-order valence-corrected chi connectivity index (χ3v) is 4.34. The highest BCUT2D eigenvalue weighted by Gasteiger charge is 2.35. The standard InChI is InChI=1S/C18H18ClF3N6O/c1-25-6-7-29-12-4-2-10(3-5-12)15-13(18(20,21)22)8-11(9-14(15)19)28-17(24)26-16(23)27-28/h2-5,8-9,25H,6-7H2,1H3,(H4,23,24,26,27). The summed E-state index contributed by atoms with van der Waals surface area (Å²) in [6, 6.07) is 8.45. The summed E-state index contributed by atoms with van der Waals surface area (Å²) >= 11 is 6.25. The first-order valence-electron chi connectivity index (χ1n) is 8.47. The third kappa shape index (κ3) is 4.54. The van der Waals surface area contributed by atoms with Crippen molar-refractivity contribution in [1.82, 2.24) is 20.1 Å². The van der Waals surface area contributed by atoms with Crippen LogP contribution in [0.2, 0.25) is 5.02 Å². The van der Waals surface area contributed by atoms with Crippen LogP contribution in [0.1, 0.15) is 5.56 Å². The number of nitrogens with two attached hydrogens (primary N) is 2. The quantitative estimate of drug-likeness (QED) is 0.522. The molecule has 7 nitrogen and oxygen atoms in total. The van der Waals surface area contributed by atoms with Crippen LogP contribution in [0.25, 0.3) is 16.8 Å². The van der Waals surface area contributed by atoms with Crippen LogP contribution >= 0.6 is 11.6 Å². The Balaban J connectivity index is 2.06. The number of nitrogens with one attached hydrogen (secondary N) is 1. The first kappa shape index (κ1) is 20.7. The van der Waals surface area contributed by atoms with E-state index in [0.29, 0.717) is 24.5 Å². The van der Waals surface area contributed by atoms with E-state index in [1.807, 2.05) is 0 Å². The van der Waals surface area contributed by atoms with Crippen LogP contribution in [0.3, 0.4) is 0 Å². The number of likely N-dealkylation sites (N-methyl/N-ethyl adjacent to an activating group) is 1. The van der Waals surface area contributed by atoms with Gasteiger partial charge in [0.1, 0.15) is 12.4 Å². The summed E-state index contributed by atoms with van der Waals surface area (Å²) in [6.07, 6.45) is -4.67. The predicted molar refractivity (Wildman–Crippen MR) is 105 cm³/mol. The molecule has 0 saturated heterocycles. The first-order valence-corrected chi connectivity index (χ1v) is 8.85. The van der Waals surface area contributed by atoms with Crippen molar-refractivity contribution in [2.45, 2.75) is 6.18 Å². The zero-order valence-electron chi connectivity index (χ0n) is 15.3. The van der Waals surface area contributed by atoms with Gasteiger partial charge in [-0.25, -0.2) is 0 Å². The first-order chi connectivity index (χ1) is 13.7. The number of alkyl halides is 3. The second-order valence-electron chi connectivity index (χ2n) is 6.06. The van der Waals surface area contributed by atoms with Gasteiger partial charge in [-0.05, 0) is 36.9 Å². The van der Waals surface area contributed by atoms with Gasteiger partial charge in [0, 0.05) is 12.1 Å². The molecular formula is C18H18ClF3N6O. The zero-order valence-corrected chi connectivity index (χ0v) is 16.1. The average molecular weight is 427 g/mol. The number of ether oxygens (including phenoxy) is 1. The molecule has 154 valence electrons. The van der Waals surface area contributed by atoms with Crippen LogP contribution in [0.5, 0.6) is 5.75 Å². The number of nitrogen functional groups attached to an aromatic ring is 2. The summed E-state index contributed by atoms with van der Waals surface area (Å²) in [5, 5.41) is 6.62. The predicted octanol–water partition coefficient (Wildman–Crippen LogP) is 3.37. The molecule has 0 amide bonds. The van der Waals surface area contributed by atoms with Crippen molar-refractivity contribution in [3.63, 3.8) is 0 Å². The fourth-order valence-corrected chi connectivity index (χ4v) is 3.07. The maximum Gasteiger partial charge on any atom is 0.417 e. The Labute approximate surface area is 169 Å². The van der Waals surface area contributed by atoms with Crippen molar-refractivity contribution in [2.75, 3.05) is 31.7 Å². The van der Waals surface area contributed by atoms with Gasteiger partial charge < -0.3 is 21.5 Å². The Bertz CT molecular complexity index is 1000. The highest BCUT2D eigenvalue weighted by atomic mass is 35.5. The van der Waals surface area contributed by atoms with Gasteiger partial charge in [0.05, 0.1) is 16.3 Å². The maximum atomic E-state index is 13.8. The lowest BCUT2D eigenvalue weighted by Crippen LogP contribution is -2.15. The summed E-state index contributed by atoms with van der Waals surface area (Å²) in [7, 11) is 1.79. The van der Waals surface area contributed by atoms with Crippen LogP contribution in [0.15, 0.2) is 36.4 Å². The number of hydrogen-bond donors (Lipinski definition) is 3. The number of aromatic nitrogens is 3. The fraction of sp³-hybridized carbons (Fsp3) is 0.222. The van der Waals surface area contributed by atoms with E-state index in [-0.39, 0.29) is 28.2 Å². The second kappa shape index (κ2) is 8.18. The van der Waals surface area contributed by atoms with Crippen molar-refractivity contribution in [1.29, 1.82) is 0 Å². The summed E-state index contributed by atoms with van der Waals surface area (Å²) in [5.41, 5.74) is 10.3. The molecule has 0 aliphatic rings. The highest BCUT2D eigenvalue weighted by molar-refractivity contribution is 6.33. The lowest BCUT2D eigenvalue weighted by molar-refractivity contribution is -0.137. The molecule has 29 heavy (non-hydrogen) atoms. The van der Waals surface area contributed by atoms with Crippen molar-refractivity contribution in [3.8, 4) is 22.6 Å². The van der Waals surface area contributed by atoms with E-state index >= 15 is 0 Å². The largest absolute Gasteiger partial charge is 0.492 e. The van der Waals surface area contributed by atoms with Crippen molar-refractivity contribution in [2.24, 2.45) is 0 Å². The minimum absolute atomic E-state index is 0.000191. The molecule has 0 radical (unpaired) electrons. The molecule has 0 fully saturated rings. The van der Waals surface area contributed by atoms with Crippen LogP contribution in [-0.2, 0) is 6.18 Å². The van der Waals surface area contributed by atoms with E-state index in [2.05, 4.69) is 15.4 Å². The van der Waals surface area contributed by atoms with Crippen molar-refractivity contribution >= 4 is 23.5 Å². The SMILES string of the molecule is CNCCOc1ccc(-c2c(Cl)cc(-n3nc(N)nc3N)cc2C(F)(F)F)cc1. The van der Waals surface area contributed by atoms with Gasteiger partial charge in [-0.2, -0.15) is 22.8 Å².